The molecule has 4 N–H and O–H groups in total. The van der Waals surface area contributed by atoms with Crippen LogP contribution in [-0.2, 0) is 31.0 Å². The Balaban J connectivity index is 0.000000253. The zero-order chi connectivity index (χ0) is 52.1. The number of benzene rings is 8. The van der Waals surface area contributed by atoms with E-state index in [1.54, 1.807) is 0 Å². The third-order valence-corrected chi connectivity index (χ3v) is 10.2. The van der Waals surface area contributed by atoms with Gasteiger partial charge in [0.05, 0.1) is 0 Å². The smallest absolute Gasteiger partial charge is 0.221 e. The molecule has 0 radical (unpaired) electrons. The summed E-state index contributed by atoms with van der Waals surface area (Å²) in [6, 6.07) is 71.1. The molecule has 0 bridgehead atoms. The maximum Gasteiger partial charge on any atom is 0.221 e. The number of nitrogens with one attached hydrogen (secondary N) is 4. The molecule has 0 fully saturated rings. The maximum absolute atomic E-state index is 11.2. The molecule has 0 saturated carbocycles. The average molecular weight is 963 g/mol. The Bertz CT molecular complexity index is 2670. The fourth-order valence-corrected chi connectivity index (χ4v) is 6.64. The molecule has 0 unspecified atom stereocenters. The second-order valence-electron chi connectivity index (χ2n) is 17.0. The highest BCUT2D eigenvalue weighted by atomic mass is 16.5. The van der Waals surface area contributed by atoms with Crippen molar-refractivity contribution in [3.05, 3.63) is 241 Å². The molecule has 0 saturated heterocycles. The largest absolute Gasteiger partial charge is 0.457 e. The summed E-state index contributed by atoms with van der Waals surface area (Å²) in [6.45, 7) is 11.9. The summed E-state index contributed by atoms with van der Waals surface area (Å²) in [6.07, 6.45) is 0.806. The first-order chi connectivity index (χ1) is 34.6. The minimum Gasteiger partial charge on any atom is -0.457 e. The van der Waals surface area contributed by atoms with Crippen LogP contribution >= 0.6 is 0 Å². The molecule has 0 spiro atoms. The topological polar surface area (TPSA) is 135 Å². The van der Waals surface area contributed by atoms with Gasteiger partial charge in [-0.15, -0.1) is 0 Å². The molecule has 0 atom stereocenters. The Hall–Kier alpha value is -8.76. The molecule has 0 aromatic heterocycles. The molecule has 10 heteroatoms. The van der Waals surface area contributed by atoms with Gasteiger partial charge in [0.1, 0.15) is 28.8 Å². The molecule has 0 aliphatic carbocycles. The number of ketones is 1. The highest BCUT2D eigenvalue weighted by molar-refractivity contribution is 5.89. The highest BCUT2D eigenvalue weighted by Gasteiger charge is 2.23. The molecule has 8 rings (SSSR count). The van der Waals surface area contributed by atoms with E-state index in [0.717, 1.165) is 57.5 Å². The molecular weight excluding hydrogens is 897 g/mol. The van der Waals surface area contributed by atoms with Gasteiger partial charge in [0.2, 0.25) is 17.7 Å². The van der Waals surface area contributed by atoms with Crippen LogP contribution < -0.4 is 30.7 Å². The molecule has 0 heterocycles. The van der Waals surface area contributed by atoms with Crippen molar-refractivity contribution in [2.45, 2.75) is 60.3 Å². The van der Waals surface area contributed by atoms with Gasteiger partial charge in [0, 0.05) is 56.0 Å². The van der Waals surface area contributed by atoms with E-state index in [1.807, 2.05) is 201 Å². The van der Waals surface area contributed by atoms with Gasteiger partial charge in [-0.05, 0) is 140 Å². The number of rotatable bonds is 12. The Morgan fingerprint density at radius 1 is 0.361 bits per heavy atom. The molecular formula is C62H66N4O6. The van der Waals surface area contributed by atoms with Gasteiger partial charge in [-0.2, -0.15) is 0 Å². The molecule has 72 heavy (non-hydrogen) atoms. The zero-order valence-electron chi connectivity index (χ0n) is 42.4. The Kier molecular flexibility index (Phi) is 23.2. The van der Waals surface area contributed by atoms with E-state index in [9.17, 15) is 19.2 Å². The van der Waals surface area contributed by atoms with Gasteiger partial charge in [-0.25, -0.2) is 0 Å². The van der Waals surface area contributed by atoms with Crippen LogP contribution in [0.1, 0.15) is 70.7 Å². The molecule has 10 nitrogen and oxygen atoms in total. The number of hydrogen-bond acceptors (Lipinski definition) is 7. The average Bonchev–Trinajstić information content (AvgIpc) is 3.37. The lowest BCUT2D eigenvalue weighted by Crippen LogP contribution is -2.18. The van der Waals surface area contributed by atoms with Crippen LogP contribution in [0.15, 0.2) is 218 Å². The second kappa shape index (κ2) is 30.0. The lowest BCUT2D eigenvalue weighted by Gasteiger charge is -2.26. The summed E-state index contributed by atoms with van der Waals surface area (Å²) < 4.78 is 12.0. The minimum absolute atomic E-state index is 0.0729. The van der Waals surface area contributed by atoms with E-state index in [1.165, 1.54) is 45.7 Å². The highest BCUT2D eigenvalue weighted by Crippen LogP contribution is 2.35. The van der Waals surface area contributed by atoms with Crippen LogP contribution in [0.2, 0.25) is 0 Å². The summed E-state index contributed by atoms with van der Waals surface area (Å²) >= 11 is 0. The molecule has 0 aliphatic rings. The summed E-state index contributed by atoms with van der Waals surface area (Å²) in [5.41, 5.74) is 7.90. The van der Waals surface area contributed by atoms with Gasteiger partial charge in [-0.3, -0.25) is 14.4 Å². The van der Waals surface area contributed by atoms with Crippen molar-refractivity contribution in [3.63, 3.8) is 0 Å². The summed E-state index contributed by atoms with van der Waals surface area (Å²) in [7, 11) is 1.89. The van der Waals surface area contributed by atoms with Gasteiger partial charge < -0.3 is 35.5 Å². The van der Waals surface area contributed by atoms with Crippen molar-refractivity contribution in [1.82, 2.24) is 0 Å². The van der Waals surface area contributed by atoms with Gasteiger partial charge in [0.15, 0.2) is 0 Å². The van der Waals surface area contributed by atoms with E-state index in [4.69, 9.17) is 9.47 Å². The number of ether oxygens (including phenoxy) is 2. The zero-order valence-corrected chi connectivity index (χ0v) is 42.4. The van der Waals surface area contributed by atoms with Crippen molar-refractivity contribution in [1.29, 1.82) is 0 Å². The SMILES string of the molecule is CC(=O)Nc1ccc(Cc2ccc(NC(C)=O)cc2)cc1.CC(C)=O.CNc1ccc(Oc2ccc(C(C)(C)c3ccc(Oc4ccc(NC(C)=O)cc4)cc3)cc2)cc1.c1ccccc1.c1ccccc1. The Morgan fingerprint density at radius 3 is 0.819 bits per heavy atom. The first-order valence-electron chi connectivity index (χ1n) is 23.5. The third kappa shape index (κ3) is 21.7. The van der Waals surface area contributed by atoms with Crippen molar-refractivity contribution in [2.75, 3.05) is 28.3 Å². The van der Waals surface area contributed by atoms with Crippen LogP contribution in [0, 0.1) is 0 Å². The number of Topliss-reactive ketones (excluding diaryl/α,β-unsaturated/α-hetero) is 1. The lowest BCUT2D eigenvalue weighted by molar-refractivity contribution is -0.115. The van der Waals surface area contributed by atoms with Crippen LogP contribution in [0.4, 0.5) is 22.7 Å². The summed E-state index contributed by atoms with van der Waals surface area (Å²) in [5.74, 6) is 2.99. The molecule has 8 aromatic carbocycles. The predicted octanol–water partition coefficient (Wildman–Crippen LogP) is 14.8. The first-order valence-corrected chi connectivity index (χ1v) is 23.5. The minimum atomic E-state index is -0.189. The van der Waals surface area contributed by atoms with Gasteiger partial charge in [-0.1, -0.05) is 135 Å². The third-order valence-electron chi connectivity index (χ3n) is 10.2. The predicted molar refractivity (Wildman–Crippen MR) is 295 cm³/mol. The molecule has 8 aromatic rings. The quantitative estimate of drug-likeness (QED) is 0.0958. The van der Waals surface area contributed by atoms with Crippen LogP contribution in [0.3, 0.4) is 0 Å². The standard InChI is InChI=1S/C30H30N2O3.C17H18N2O2.2C6H6.C3H6O/c1-21(33)32-25-11-19-29(20-12-25)35-27-15-7-23(8-16-27)30(2,3)22-5-13-26(14-6-22)34-28-17-9-24(31-4)10-18-28;1-12(20)18-16-7-3-14(4-8-16)11-15-5-9-17(10-6-15)19-13(2)21;2*1-2-4-6-5-3-1;1-3(2)4/h5-20,31H,1-4H3,(H,32,33);3-10H,11H2,1-2H3,(H,18,20)(H,19,21);2*1-6H;1-2H3. The monoisotopic (exact) mass is 962 g/mol. The maximum atomic E-state index is 11.2. The van der Waals surface area contributed by atoms with Crippen molar-refractivity contribution >= 4 is 46.3 Å². The molecule has 3 amide bonds. The van der Waals surface area contributed by atoms with Crippen molar-refractivity contribution < 1.29 is 28.7 Å². The lowest BCUT2D eigenvalue weighted by atomic mass is 9.78. The first kappa shape index (κ1) is 55.8. The second-order valence-corrected chi connectivity index (χ2v) is 17.0. The molecule has 370 valence electrons. The number of carbonyl (C=O) groups excluding carboxylic acids is 4. The fourth-order valence-electron chi connectivity index (χ4n) is 6.64. The Labute approximate surface area is 425 Å². The van der Waals surface area contributed by atoms with Crippen molar-refractivity contribution in [2.24, 2.45) is 0 Å². The van der Waals surface area contributed by atoms with Crippen molar-refractivity contribution in [3.8, 4) is 23.0 Å². The van der Waals surface area contributed by atoms with E-state index in [0.29, 0.717) is 5.75 Å². The van der Waals surface area contributed by atoms with E-state index < -0.39 is 0 Å². The van der Waals surface area contributed by atoms with E-state index in [2.05, 4.69) is 59.4 Å². The van der Waals surface area contributed by atoms with E-state index >= 15 is 0 Å². The van der Waals surface area contributed by atoms with Crippen LogP contribution in [0.5, 0.6) is 23.0 Å². The number of hydrogen-bond donors (Lipinski definition) is 4. The normalized spacial score (nSPS) is 9.94. The number of anilines is 4. The summed E-state index contributed by atoms with van der Waals surface area (Å²) in [4.78, 5) is 42.5. The van der Waals surface area contributed by atoms with E-state index in [-0.39, 0.29) is 28.9 Å². The Morgan fingerprint density at radius 2 is 0.583 bits per heavy atom. The number of amides is 3. The number of carbonyl (C=O) groups is 4. The molecule has 0 aliphatic heterocycles. The summed E-state index contributed by atoms with van der Waals surface area (Å²) in [5, 5.41) is 11.3. The van der Waals surface area contributed by atoms with Gasteiger partial charge in [0.25, 0.3) is 0 Å². The van der Waals surface area contributed by atoms with Crippen LogP contribution in [-0.4, -0.2) is 30.6 Å². The van der Waals surface area contributed by atoms with Crippen LogP contribution in [0.25, 0.3) is 0 Å². The van der Waals surface area contributed by atoms with Gasteiger partial charge >= 0.3 is 0 Å². The fraction of sp³-hybridized carbons (Fsp3) is 0.161.